The Hall–Kier alpha value is -2.13. The minimum atomic E-state index is -0.744. The van der Waals surface area contributed by atoms with E-state index in [0.717, 1.165) is 25.7 Å². The number of ether oxygens (including phenoxy) is 2. The topological polar surface area (TPSA) is 83.4 Å². The number of fused-ring (bicyclic) bond motifs is 1. The molecule has 0 radical (unpaired) electrons. The Morgan fingerprint density at radius 1 is 1.16 bits per heavy atom. The molecular weight excluding hydrogens is 342 g/mol. The molecule has 1 aromatic carbocycles. The van der Waals surface area contributed by atoms with Crippen molar-refractivity contribution in [1.82, 2.24) is 5.32 Å². The molecule has 1 amide bonds. The molecule has 0 saturated heterocycles. The maximum atomic E-state index is 12.3. The van der Waals surface area contributed by atoms with Gasteiger partial charge in [0.2, 0.25) is 5.91 Å². The van der Waals surface area contributed by atoms with E-state index in [4.69, 9.17) is 21.1 Å². The molecule has 0 unspecified atom stereocenters. The van der Waals surface area contributed by atoms with E-state index >= 15 is 0 Å². The Kier molecular flexibility index (Phi) is 5.54. The zero-order chi connectivity index (χ0) is 17.7. The number of nitrogens with one attached hydrogen (secondary N) is 2. The quantitative estimate of drug-likeness (QED) is 0.802. The fraction of sp³-hybridized carbons (Fsp3) is 0.556. The molecule has 1 heterocycles. The van der Waals surface area contributed by atoms with Crippen LogP contribution in [0.25, 0.3) is 0 Å². The fourth-order valence-electron chi connectivity index (χ4n) is 3.28. The standard InChI is InChI=1S/C18H22ClN3O3/c19-13-9-15-16(25-8-7-24-15)10-14(13)21-11-17(23)22-18(12-20)5-3-1-2-4-6-18/h9-10,21H,1-8,11H2,(H,22,23). The number of hydrogen-bond acceptors (Lipinski definition) is 5. The lowest BCUT2D eigenvalue weighted by atomic mass is 9.92. The zero-order valence-electron chi connectivity index (χ0n) is 14.1. The molecule has 1 saturated carbocycles. The first-order valence-electron chi connectivity index (χ1n) is 8.67. The minimum absolute atomic E-state index is 0.0444. The number of halogens is 1. The molecule has 1 aliphatic heterocycles. The van der Waals surface area contributed by atoms with Gasteiger partial charge in [0.25, 0.3) is 0 Å². The van der Waals surface area contributed by atoms with E-state index in [1.807, 2.05) is 0 Å². The Balaban J connectivity index is 1.61. The van der Waals surface area contributed by atoms with Gasteiger partial charge in [-0.3, -0.25) is 4.79 Å². The summed E-state index contributed by atoms with van der Waals surface area (Å²) in [5.41, 5.74) is -0.140. The summed E-state index contributed by atoms with van der Waals surface area (Å²) in [6.45, 7) is 1.02. The van der Waals surface area contributed by atoms with E-state index in [0.29, 0.717) is 48.3 Å². The highest BCUT2D eigenvalue weighted by atomic mass is 35.5. The third-order valence-corrected chi connectivity index (χ3v) is 4.93. The van der Waals surface area contributed by atoms with Crippen molar-refractivity contribution in [2.24, 2.45) is 0 Å². The number of nitriles is 1. The SMILES string of the molecule is N#CC1(NC(=O)CNc2cc3c(cc2Cl)OCCO3)CCCCCC1. The maximum absolute atomic E-state index is 12.3. The monoisotopic (exact) mass is 363 g/mol. The number of benzene rings is 1. The van der Waals surface area contributed by atoms with Crippen molar-refractivity contribution >= 4 is 23.2 Å². The first kappa shape index (κ1) is 17.7. The highest BCUT2D eigenvalue weighted by Crippen LogP contribution is 2.37. The number of nitrogens with zero attached hydrogens (tertiary/aromatic N) is 1. The summed E-state index contributed by atoms with van der Waals surface area (Å²) in [4.78, 5) is 12.3. The molecule has 25 heavy (non-hydrogen) atoms. The molecule has 2 N–H and O–H groups in total. The van der Waals surface area contributed by atoms with Gasteiger partial charge in [-0.05, 0) is 12.8 Å². The predicted molar refractivity (Wildman–Crippen MR) is 95.1 cm³/mol. The highest BCUT2D eigenvalue weighted by molar-refractivity contribution is 6.33. The zero-order valence-corrected chi connectivity index (χ0v) is 14.8. The van der Waals surface area contributed by atoms with Crippen molar-refractivity contribution in [3.8, 4) is 17.6 Å². The van der Waals surface area contributed by atoms with Gasteiger partial charge < -0.3 is 20.1 Å². The summed E-state index contributed by atoms with van der Waals surface area (Å²) in [6.07, 6.45) is 5.58. The molecule has 0 atom stereocenters. The van der Waals surface area contributed by atoms with Gasteiger partial charge in [-0.25, -0.2) is 0 Å². The van der Waals surface area contributed by atoms with Crippen LogP contribution in [-0.4, -0.2) is 31.2 Å². The van der Waals surface area contributed by atoms with Gasteiger partial charge in [0.1, 0.15) is 18.8 Å². The number of hydrogen-bond donors (Lipinski definition) is 2. The summed E-state index contributed by atoms with van der Waals surface area (Å²) in [5, 5.41) is 15.9. The largest absolute Gasteiger partial charge is 0.486 e. The normalized spacial score (nSPS) is 18.6. The average molecular weight is 364 g/mol. The Labute approximate surface area is 152 Å². The molecule has 0 bridgehead atoms. The lowest BCUT2D eigenvalue weighted by Crippen LogP contribution is -2.48. The van der Waals surface area contributed by atoms with E-state index in [1.54, 1.807) is 12.1 Å². The average Bonchev–Trinajstić information content (AvgIpc) is 2.86. The molecule has 3 rings (SSSR count). The van der Waals surface area contributed by atoms with Crippen molar-refractivity contribution < 1.29 is 14.3 Å². The van der Waals surface area contributed by atoms with E-state index in [1.165, 1.54) is 0 Å². The number of anilines is 1. The van der Waals surface area contributed by atoms with Crippen LogP contribution in [0.2, 0.25) is 5.02 Å². The van der Waals surface area contributed by atoms with Gasteiger partial charge in [-0.2, -0.15) is 5.26 Å². The van der Waals surface area contributed by atoms with Gasteiger partial charge in [-0.15, -0.1) is 0 Å². The van der Waals surface area contributed by atoms with Crippen LogP contribution in [-0.2, 0) is 4.79 Å². The van der Waals surface area contributed by atoms with Crippen LogP contribution in [0.3, 0.4) is 0 Å². The first-order valence-corrected chi connectivity index (χ1v) is 9.05. The Morgan fingerprint density at radius 2 is 1.80 bits per heavy atom. The van der Waals surface area contributed by atoms with Crippen LogP contribution < -0.4 is 20.1 Å². The summed E-state index contributed by atoms with van der Waals surface area (Å²) in [6, 6.07) is 5.73. The van der Waals surface area contributed by atoms with Crippen LogP contribution in [0.5, 0.6) is 11.5 Å². The van der Waals surface area contributed by atoms with Gasteiger partial charge in [0, 0.05) is 12.1 Å². The van der Waals surface area contributed by atoms with E-state index in [-0.39, 0.29) is 12.5 Å². The highest BCUT2D eigenvalue weighted by Gasteiger charge is 2.32. The van der Waals surface area contributed by atoms with Crippen LogP contribution in [0.4, 0.5) is 5.69 Å². The predicted octanol–water partition coefficient (Wildman–Crippen LogP) is 3.26. The number of carbonyl (C=O) groups excluding carboxylic acids is 1. The van der Waals surface area contributed by atoms with Gasteiger partial charge >= 0.3 is 0 Å². The molecule has 1 aromatic rings. The summed E-state index contributed by atoms with van der Waals surface area (Å²) >= 11 is 6.23. The molecule has 0 spiro atoms. The van der Waals surface area contributed by atoms with E-state index < -0.39 is 5.54 Å². The second-order valence-electron chi connectivity index (χ2n) is 6.49. The fourth-order valence-corrected chi connectivity index (χ4v) is 3.50. The molecule has 0 aromatic heterocycles. The van der Waals surface area contributed by atoms with Crippen LogP contribution >= 0.6 is 11.6 Å². The Bertz CT molecular complexity index is 679. The van der Waals surface area contributed by atoms with Crippen molar-refractivity contribution in [2.75, 3.05) is 25.1 Å². The second-order valence-corrected chi connectivity index (χ2v) is 6.89. The molecule has 134 valence electrons. The Morgan fingerprint density at radius 3 is 2.44 bits per heavy atom. The molecule has 1 fully saturated rings. The third-order valence-electron chi connectivity index (χ3n) is 4.62. The van der Waals surface area contributed by atoms with Gasteiger partial charge in [0.05, 0.1) is 23.3 Å². The van der Waals surface area contributed by atoms with Crippen LogP contribution in [0, 0.1) is 11.3 Å². The minimum Gasteiger partial charge on any atom is -0.486 e. The maximum Gasteiger partial charge on any atom is 0.240 e. The first-order chi connectivity index (χ1) is 12.1. The van der Waals surface area contributed by atoms with Gasteiger partial charge in [-0.1, -0.05) is 37.3 Å². The third kappa shape index (κ3) is 4.29. The van der Waals surface area contributed by atoms with Crippen LogP contribution in [0.15, 0.2) is 12.1 Å². The van der Waals surface area contributed by atoms with Crippen LogP contribution in [0.1, 0.15) is 38.5 Å². The molecule has 1 aliphatic carbocycles. The lowest BCUT2D eigenvalue weighted by molar-refractivity contribution is -0.120. The van der Waals surface area contributed by atoms with Crippen molar-refractivity contribution in [3.63, 3.8) is 0 Å². The van der Waals surface area contributed by atoms with E-state index in [2.05, 4.69) is 16.7 Å². The van der Waals surface area contributed by atoms with Crippen molar-refractivity contribution in [1.29, 1.82) is 5.26 Å². The number of rotatable bonds is 4. The lowest BCUT2D eigenvalue weighted by Gasteiger charge is -2.26. The molecule has 2 aliphatic rings. The summed E-state index contributed by atoms with van der Waals surface area (Å²) in [7, 11) is 0. The van der Waals surface area contributed by atoms with Gasteiger partial charge in [0.15, 0.2) is 11.5 Å². The number of carbonyl (C=O) groups is 1. The van der Waals surface area contributed by atoms with Crippen molar-refractivity contribution in [3.05, 3.63) is 17.2 Å². The smallest absolute Gasteiger partial charge is 0.240 e. The second kappa shape index (κ2) is 7.83. The van der Waals surface area contributed by atoms with E-state index in [9.17, 15) is 10.1 Å². The molecule has 7 heteroatoms. The molecule has 6 nitrogen and oxygen atoms in total. The molecular formula is C18H22ClN3O3. The number of amides is 1. The summed E-state index contributed by atoms with van der Waals surface area (Å²) in [5.74, 6) is 0.998. The summed E-state index contributed by atoms with van der Waals surface area (Å²) < 4.78 is 11.0. The van der Waals surface area contributed by atoms with Crippen molar-refractivity contribution in [2.45, 2.75) is 44.1 Å².